The first-order valence-corrected chi connectivity index (χ1v) is 10.1. The fourth-order valence-electron chi connectivity index (χ4n) is 3.63. The Kier molecular flexibility index (Phi) is 7.11. The minimum atomic E-state index is -0.0775. The molecule has 1 fully saturated rings. The van der Waals surface area contributed by atoms with Crippen LogP contribution < -0.4 is 15.4 Å². The zero-order chi connectivity index (χ0) is 20.6. The molecule has 6 nitrogen and oxygen atoms in total. The van der Waals surface area contributed by atoms with E-state index in [2.05, 4.69) is 10.6 Å². The van der Waals surface area contributed by atoms with Crippen LogP contribution in [0.4, 0.5) is 10.5 Å². The number of anilines is 1. The Hall–Kier alpha value is -3.02. The molecule has 1 saturated heterocycles. The van der Waals surface area contributed by atoms with Crippen molar-refractivity contribution in [1.29, 1.82) is 0 Å². The summed E-state index contributed by atoms with van der Waals surface area (Å²) in [6.07, 6.45) is 1.67. The molecule has 0 aromatic heterocycles. The molecule has 0 bridgehead atoms. The van der Waals surface area contributed by atoms with Gasteiger partial charge in [0.2, 0.25) is 5.91 Å². The van der Waals surface area contributed by atoms with E-state index in [0.717, 1.165) is 29.8 Å². The molecular weight excluding hydrogens is 366 g/mol. The quantitative estimate of drug-likeness (QED) is 0.779. The van der Waals surface area contributed by atoms with Gasteiger partial charge in [0, 0.05) is 31.2 Å². The third kappa shape index (κ3) is 5.73. The highest BCUT2D eigenvalue weighted by atomic mass is 16.5. The normalized spacial score (nSPS) is 15.4. The SMILES string of the molecule is COc1ccc(CNC(=O)[C@H](C)C2CCN(C(=O)Nc3ccccc3)CC2)cc1. The molecule has 0 unspecified atom stereocenters. The molecule has 3 amide bonds. The number of para-hydroxylation sites is 1. The van der Waals surface area contributed by atoms with Gasteiger partial charge in [-0.3, -0.25) is 4.79 Å². The van der Waals surface area contributed by atoms with Crippen LogP contribution in [0.1, 0.15) is 25.3 Å². The van der Waals surface area contributed by atoms with Gasteiger partial charge in [-0.05, 0) is 48.6 Å². The van der Waals surface area contributed by atoms with Gasteiger partial charge in [0.25, 0.3) is 0 Å². The van der Waals surface area contributed by atoms with Crippen LogP contribution in [-0.4, -0.2) is 37.0 Å². The average molecular weight is 396 g/mol. The molecule has 1 heterocycles. The highest BCUT2D eigenvalue weighted by molar-refractivity contribution is 5.89. The Morgan fingerprint density at radius 1 is 1.07 bits per heavy atom. The summed E-state index contributed by atoms with van der Waals surface area (Å²) < 4.78 is 5.15. The molecule has 0 spiro atoms. The molecule has 1 atom stereocenters. The number of piperidine rings is 1. The molecule has 1 aliphatic heterocycles. The van der Waals surface area contributed by atoms with Crippen LogP contribution >= 0.6 is 0 Å². The van der Waals surface area contributed by atoms with Crippen molar-refractivity contribution in [3.63, 3.8) is 0 Å². The number of benzene rings is 2. The highest BCUT2D eigenvalue weighted by Gasteiger charge is 2.29. The van der Waals surface area contributed by atoms with Crippen LogP contribution in [0.25, 0.3) is 0 Å². The van der Waals surface area contributed by atoms with E-state index in [1.165, 1.54) is 0 Å². The molecule has 154 valence electrons. The van der Waals surface area contributed by atoms with E-state index in [9.17, 15) is 9.59 Å². The number of rotatable bonds is 6. The number of hydrogen-bond acceptors (Lipinski definition) is 3. The van der Waals surface area contributed by atoms with Crippen LogP contribution in [0, 0.1) is 11.8 Å². The Bertz CT molecular complexity index is 800. The number of methoxy groups -OCH3 is 1. The van der Waals surface area contributed by atoms with Crippen molar-refractivity contribution in [2.75, 3.05) is 25.5 Å². The largest absolute Gasteiger partial charge is 0.497 e. The zero-order valence-corrected chi connectivity index (χ0v) is 17.1. The van der Waals surface area contributed by atoms with Crippen LogP contribution in [0.2, 0.25) is 0 Å². The summed E-state index contributed by atoms with van der Waals surface area (Å²) in [5.41, 5.74) is 1.84. The van der Waals surface area contributed by atoms with E-state index in [-0.39, 0.29) is 23.8 Å². The lowest BCUT2D eigenvalue weighted by atomic mass is 9.85. The Morgan fingerprint density at radius 2 is 1.72 bits per heavy atom. The maximum atomic E-state index is 12.6. The van der Waals surface area contributed by atoms with Gasteiger partial charge in [0.1, 0.15) is 5.75 Å². The number of carbonyl (C=O) groups excluding carboxylic acids is 2. The predicted octanol–water partition coefficient (Wildman–Crippen LogP) is 3.89. The van der Waals surface area contributed by atoms with Crippen molar-refractivity contribution in [1.82, 2.24) is 10.2 Å². The van der Waals surface area contributed by atoms with E-state index < -0.39 is 0 Å². The molecule has 2 aromatic carbocycles. The Morgan fingerprint density at radius 3 is 2.34 bits per heavy atom. The number of carbonyl (C=O) groups is 2. The second-order valence-electron chi connectivity index (χ2n) is 7.48. The van der Waals surface area contributed by atoms with Gasteiger partial charge in [-0.2, -0.15) is 0 Å². The van der Waals surface area contributed by atoms with E-state index in [1.54, 1.807) is 7.11 Å². The molecule has 0 radical (unpaired) electrons. The van der Waals surface area contributed by atoms with Gasteiger partial charge in [-0.1, -0.05) is 37.3 Å². The maximum Gasteiger partial charge on any atom is 0.321 e. The summed E-state index contributed by atoms with van der Waals surface area (Å²) in [6, 6.07) is 17.1. The first-order chi connectivity index (χ1) is 14.1. The number of ether oxygens (including phenoxy) is 1. The van der Waals surface area contributed by atoms with Crippen molar-refractivity contribution >= 4 is 17.6 Å². The lowest BCUT2D eigenvalue weighted by Crippen LogP contribution is -2.44. The molecular formula is C23H29N3O3. The summed E-state index contributed by atoms with van der Waals surface area (Å²) in [5.74, 6) is 1.07. The second-order valence-corrected chi connectivity index (χ2v) is 7.48. The van der Waals surface area contributed by atoms with Crippen molar-refractivity contribution < 1.29 is 14.3 Å². The number of amides is 3. The maximum absolute atomic E-state index is 12.6. The Labute approximate surface area is 172 Å². The third-order valence-electron chi connectivity index (χ3n) is 5.60. The van der Waals surface area contributed by atoms with Crippen LogP contribution in [0.15, 0.2) is 54.6 Å². The minimum Gasteiger partial charge on any atom is -0.497 e. The molecule has 2 aromatic rings. The standard InChI is InChI=1S/C23H29N3O3/c1-17(22(27)24-16-18-8-10-21(29-2)11-9-18)19-12-14-26(15-13-19)23(28)25-20-6-4-3-5-7-20/h3-11,17,19H,12-16H2,1-2H3,(H,24,27)(H,25,28)/t17-/m1/s1. The topological polar surface area (TPSA) is 70.7 Å². The van der Waals surface area contributed by atoms with Crippen LogP contribution in [0.3, 0.4) is 0 Å². The second kappa shape index (κ2) is 9.96. The molecule has 0 aliphatic carbocycles. The highest BCUT2D eigenvalue weighted by Crippen LogP contribution is 2.25. The first-order valence-electron chi connectivity index (χ1n) is 10.1. The third-order valence-corrected chi connectivity index (χ3v) is 5.60. The van der Waals surface area contributed by atoms with Gasteiger partial charge in [0.05, 0.1) is 7.11 Å². The number of urea groups is 1. The number of nitrogens with zero attached hydrogens (tertiary/aromatic N) is 1. The van der Waals surface area contributed by atoms with Crippen molar-refractivity contribution in [2.45, 2.75) is 26.3 Å². The Balaban J connectivity index is 1.43. The van der Waals surface area contributed by atoms with E-state index in [4.69, 9.17) is 4.74 Å². The van der Waals surface area contributed by atoms with Crippen molar-refractivity contribution in [2.24, 2.45) is 11.8 Å². The van der Waals surface area contributed by atoms with E-state index in [0.29, 0.717) is 19.6 Å². The zero-order valence-electron chi connectivity index (χ0n) is 17.1. The molecule has 6 heteroatoms. The van der Waals surface area contributed by atoms with E-state index in [1.807, 2.05) is 66.4 Å². The summed E-state index contributed by atoms with van der Waals surface area (Å²) in [4.78, 5) is 26.8. The lowest BCUT2D eigenvalue weighted by molar-refractivity contribution is -0.126. The summed E-state index contributed by atoms with van der Waals surface area (Å²) >= 11 is 0. The number of likely N-dealkylation sites (tertiary alicyclic amines) is 1. The van der Waals surface area contributed by atoms with Gasteiger partial charge in [0.15, 0.2) is 0 Å². The smallest absolute Gasteiger partial charge is 0.321 e. The summed E-state index contributed by atoms with van der Waals surface area (Å²) in [6.45, 7) is 3.82. The predicted molar refractivity (Wildman–Crippen MR) is 114 cm³/mol. The van der Waals surface area contributed by atoms with Crippen LogP contribution in [0.5, 0.6) is 5.75 Å². The number of hydrogen-bond donors (Lipinski definition) is 2. The lowest BCUT2D eigenvalue weighted by Gasteiger charge is -2.34. The fourth-order valence-corrected chi connectivity index (χ4v) is 3.63. The molecule has 1 aliphatic rings. The van der Waals surface area contributed by atoms with Gasteiger partial charge in [-0.15, -0.1) is 0 Å². The van der Waals surface area contributed by atoms with Crippen LogP contribution in [-0.2, 0) is 11.3 Å². The molecule has 29 heavy (non-hydrogen) atoms. The average Bonchev–Trinajstić information content (AvgIpc) is 2.78. The minimum absolute atomic E-state index is 0.0630. The van der Waals surface area contributed by atoms with Gasteiger partial charge in [-0.25, -0.2) is 4.79 Å². The van der Waals surface area contributed by atoms with Crippen molar-refractivity contribution in [3.05, 3.63) is 60.2 Å². The first kappa shape index (κ1) is 20.7. The summed E-state index contributed by atoms with van der Waals surface area (Å²) in [7, 11) is 1.63. The fraction of sp³-hybridized carbons (Fsp3) is 0.391. The van der Waals surface area contributed by atoms with Crippen molar-refractivity contribution in [3.8, 4) is 5.75 Å². The van der Waals surface area contributed by atoms with Gasteiger partial charge >= 0.3 is 6.03 Å². The van der Waals surface area contributed by atoms with Gasteiger partial charge < -0.3 is 20.3 Å². The monoisotopic (exact) mass is 395 g/mol. The van der Waals surface area contributed by atoms with E-state index >= 15 is 0 Å². The summed E-state index contributed by atoms with van der Waals surface area (Å²) in [5, 5.41) is 5.95. The molecule has 0 saturated carbocycles. The molecule has 3 rings (SSSR count). The molecule has 2 N–H and O–H groups in total. The number of nitrogens with one attached hydrogen (secondary N) is 2.